The smallest absolute Gasteiger partial charge is 0.223 e. The van der Waals surface area contributed by atoms with Crippen molar-refractivity contribution in [2.24, 2.45) is 5.92 Å². The van der Waals surface area contributed by atoms with E-state index in [4.69, 9.17) is 0 Å². The molecule has 0 aliphatic carbocycles. The van der Waals surface area contributed by atoms with Crippen molar-refractivity contribution in [3.63, 3.8) is 0 Å². The lowest BCUT2D eigenvalue weighted by molar-refractivity contribution is -0.134. The lowest BCUT2D eigenvalue weighted by Crippen LogP contribution is -2.42. The monoisotopic (exact) mass is 210 g/mol. The average molecular weight is 210 g/mol. The van der Waals surface area contributed by atoms with Crippen LogP contribution >= 0.6 is 0 Å². The van der Waals surface area contributed by atoms with Gasteiger partial charge in [0.2, 0.25) is 5.91 Å². The number of nitrogens with zero attached hydrogens (tertiary/aromatic N) is 1. The Morgan fingerprint density at radius 1 is 1.33 bits per heavy atom. The van der Waals surface area contributed by atoms with E-state index in [-0.39, 0.29) is 0 Å². The zero-order valence-electron chi connectivity index (χ0n) is 9.83. The zero-order chi connectivity index (χ0) is 10.8. The number of hydrogen-bond donors (Lipinski definition) is 1. The predicted molar refractivity (Wildman–Crippen MR) is 60.6 cm³/mol. The molecule has 3 heteroatoms. The molecule has 0 aromatic rings. The molecular weight excluding hydrogens is 188 g/mol. The molecule has 3 nitrogen and oxygen atoms in total. The van der Waals surface area contributed by atoms with E-state index < -0.39 is 0 Å². The molecular formula is C12H22N2O. The maximum absolute atomic E-state index is 12.1. The number of carbonyl (C=O) groups is 1. The van der Waals surface area contributed by atoms with Crippen LogP contribution in [0.2, 0.25) is 0 Å². The summed E-state index contributed by atoms with van der Waals surface area (Å²) in [4.78, 5) is 14.3. The fourth-order valence-electron chi connectivity index (χ4n) is 2.84. The van der Waals surface area contributed by atoms with E-state index in [9.17, 15) is 4.79 Å². The van der Waals surface area contributed by atoms with Crippen LogP contribution in [0.15, 0.2) is 0 Å². The molecule has 1 N–H and O–H groups in total. The minimum Gasteiger partial charge on any atom is -0.335 e. The van der Waals surface area contributed by atoms with Gasteiger partial charge in [0.05, 0.1) is 0 Å². The summed E-state index contributed by atoms with van der Waals surface area (Å²) >= 11 is 0. The van der Waals surface area contributed by atoms with Crippen LogP contribution in [-0.4, -0.2) is 36.0 Å². The Balaban J connectivity index is 2.03. The summed E-state index contributed by atoms with van der Waals surface area (Å²) in [6.45, 7) is 6.32. The highest BCUT2D eigenvalue weighted by atomic mass is 16.2. The third-order valence-corrected chi connectivity index (χ3v) is 3.53. The van der Waals surface area contributed by atoms with Gasteiger partial charge in [-0.2, -0.15) is 0 Å². The van der Waals surface area contributed by atoms with Gasteiger partial charge in [-0.3, -0.25) is 4.79 Å². The van der Waals surface area contributed by atoms with Gasteiger partial charge in [-0.25, -0.2) is 0 Å². The van der Waals surface area contributed by atoms with Gasteiger partial charge < -0.3 is 10.2 Å². The minimum absolute atomic E-state index is 0.376. The topological polar surface area (TPSA) is 32.3 Å². The van der Waals surface area contributed by atoms with Crippen LogP contribution in [0.5, 0.6) is 0 Å². The van der Waals surface area contributed by atoms with Crippen LogP contribution in [0, 0.1) is 5.92 Å². The first-order valence-corrected chi connectivity index (χ1v) is 6.20. The maximum atomic E-state index is 12.1. The van der Waals surface area contributed by atoms with E-state index in [1.807, 2.05) is 0 Å². The van der Waals surface area contributed by atoms with Gasteiger partial charge in [0.15, 0.2) is 0 Å². The van der Waals surface area contributed by atoms with E-state index in [1.54, 1.807) is 0 Å². The van der Waals surface area contributed by atoms with Gasteiger partial charge in [-0.1, -0.05) is 13.8 Å². The average Bonchev–Trinajstić information content (AvgIpc) is 2.38. The van der Waals surface area contributed by atoms with Crippen molar-refractivity contribution in [1.29, 1.82) is 0 Å². The first-order chi connectivity index (χ1) is 7.18. The minimum atomic E-state index is 0.376. The second-order valence-electron chi connectivity index (χ2n) is 5.28. The Kier molecular flexibility index (Phi) is 3.29. The molecule has 0 radical (unpaired) electrons. The highest BCUT2D eigenvalue weighted by Gasteiger charge is 2.37. The van der Waals surface area contributed by atoms with Gasteiger partial charge in [0.1, 0.15) is 0 Å². The molecule has 1 amide bonds. The molecule has 2 unspecified atom stereocenters. The van der Waals surface area contributed by atoms with Crippen LogP contribution in [0.1, 0.15) is 39.5 Å². The molecule has 2 fully saturated rings. The molecule has 15 heavy (non-hydrogen) atoms. The highest BCUT2D eigenvalue weighted by Crippen LogP contribution is 2.29. The number of nitrogens with one attached hydrogen (secondary N) is 1. The van der Waals surface area contributed by atoms with Crippen molar-refractivity contribution in [1.82, 2.24) is 10.2 Å². The fraction of sp³-hybridized carbons (Fsp3) is 0.917. The first kappa shape index (κ1) is 10.9. The summed E-state index contributed by atoms with van der Waals surface area (Å²) in [6.07, 6.45) is 4.27. The zero-order valence-corrected chi connectivity index (χ0v) is 9.83. The molecule has 2 bridgehead atoms. The number of fused-ring (bicyclic) bond motifs is 2. The van der Waals surface area contributed by atoms with E-state index in [1.165, 1.54) is 12.8 Å². The summed E-state index contributed by atoms with van der Waals surface area (Å²) in [7, 11) is 0. The van der Waals surface area contributed by atoms with Gasteiger partial charge in [0.25, 0.3) is 0 Å². The number of amides is 1. The molecule has 0 aromatic carbocycles. The van der Waals surface area contributed by atoms with E-state index in [0.29, 0.717) is 30.3 Å². The van der Waals surface area contributed by atoms with Gasteiger partial charge in [-0.15, -0.1) is 0 Å². The van der Waals surface area contributed by atoms with E-state index >= 15 is 0 Å². The molecule has 0 saturated carbocycles. The summed E-state index contributed by atoms with van der Waals surface area (Å²) in [5.41, 5.74) is 0. The third-order valence-electron chi connectivity index (χ3n) is 3.53. The van der Waals surface area contributed by atoms with Gasteiger partial charge >= 0.3 is 0 Å². The van der Waals surface area contributed by atoms with Crippen molar-refractivity contribution in [2.45, 2.75) is 51.6 Å². The third kappa shape index (κ3) is 2.33. The SMILES string of the molecule is CC(C)CC(=O)N1C2CCNCC1CC2. The predicted octanol–water partition coefficient (Wildman–Crippen LogP) is 1.39. The number of hydrogen-bond acceptors (Lipinski definition) is 2. The Morgan fingerprint density at radius 3 is 2.80 bits per heavy atom. The largest absolute Gasteiger partial charge is 0.335 e. The number of carbonyl (C=O) groups excluding carboxylic acids is 1. The van der Waals surface area contributed by atoms with Crippen LogP contribution in [0.3, 0.4) is 0 Å². The summed E-state index contributed by atoms with van der Waals surface area (Å²) < 4.78 is 0. The lowest BCUT2D eigenvalue weighted by Gasteiger charge is -2.28. The highest BCUT2D eigenvalue weighted by molar-refractivity contribution is 5.77. The van der Waals surface area contributed by atoms with Crippen molar-refractivity contribution >= 4 is 5.91 Å². The fourth-order valence-corrected chi connectivity index (χ4v) is 2.84. The molecule has 2 atom stereocenters. The molecule has 86 valence electrons. The molecule has 2 saturated heterocycles. The maximum Gasteiger partial charge on any atom is 0.223 e. The Hall–Kier alpha value is -0.570. The normalized spacial score (nSPS) is 30.7. The summed E-state index contributed by atoms with van der Waals surface area (Å²) in [5.74, 6) is 0.856. The van der Waals surface area contributed by atoms with Crippen molar-refractivity contribution in [2.75, 3.05) is 13.1 Å². The Morgan fingerprint density at radius 2 is 2.07 bits per heavy atom. The molecule has 0 spiro atoms. The molecule has 2 aliphatic heterocycles. The van der Waals surface area contributed by atoms with Crippen molar-refractivity contribution in [3.8, 4) is 0 Å². The molecule has 2 heterocycles. The Bertz CT molecular complexity index is 226. The number of rotatable bonds is 2. The van der Waals surface area contributed by atoms with Gasteiger partial charge in [-0.05, 0) is 31.7 Å². The second-order valence-corrected chi connectivity index (χ2v) is 5.28. The molecule has 2 rings (SSSR count). The van der Waals surface area contributed by atoms with Crippen LogP contribution < -0.4 is 5.32 Å². The van der Waals surface area contributed by atoms with Crippen molar-refractivity contribution < 1.29 is 4.79 Å². The standard InChI is InChI=1S/C12H22N2O/c1-9(2)7-12(15)14-10-3-4-11(14)8-13-6-5-10/h9-11,13H,3-8H2,1-2H3. The lowest BCUT2D eigenvalue weighted by atomic mass is 10.1. The first-order valence-electron chi connectivity index (χ1n) is 6.20. The van der Waals surface area contributed by atoms with Crippen molar-refractivity contribution in [3.05, 3.63) is 0 Å². The van der Waals surface area contributed by atoms with Gasteiger partial charge in [0, 0.05) is 25.0 Å². The quantitative estimate of drug-likeness (QED) is 0.747. The molecule has 2 aliphatic rings. The Labute approximate surface area is 92.2 Å². The van der Waals surface area contributed by atoms with E-state index in [2.05, 4.69) is 24.1 Å². The van der Waals surface area contributed by atoms with Crippen LogP contribution in [0.25, 0.3) is 0 Å². The van der Waals surface area contributed by atoms with Crippen LogP contribution in [-0.2, 0) is 4.79 Å². The molecule has 0 aromatic heterocycles. The summed E-state index contributed by atoms with van der Waals surface area (Å²) in [6, 6.07) is 1.000. The summed E-state index contributed by atoms with van der Waals surface area (Å²) in [5, 5.41) is 3.42. The second kappa shape index (κ2) is 4.52. The van der Waals surface area contributed by atoms with E-state index in [0.717, 1.165) is 19.5 Å². The van der Waals surface area contributed by atoms with Crippen LogP contribution in [0.4, 0.5) is 0 Å².